The number of likely N-dealkylation sites (N-methyl/N-ethyl adjacent to an activating group) is 1. The van der Waals surface area contributed by atoms with Gasteiger partial charge in [-0.15, -0.1) is 0 Å². The molecular weight excluding hydrogens is 476 g/mol. The maximum Gasteiger partial charge on any atom is 0.282 e. The van der Waals surface area contributed by atoms with Crippen molar-refractivity contribution in [3.63, 3.8) is 0 Å². The zero-order valence-corrected chi connectivity index (χ0v) is 23.4. The van der Waals surface area contributed by atoms with Gasteiger partial charge < -0.3 is 9.80 Å². The number of carbonyl (C=O) groups is 1. The minimum Gasteiger partial charge on any atom is -0.320 e. The van der Waals surface area contributed by atoms with Crippen molar-refractivity contribution in [2.24, 2.45) is 0 Å². The normalized spacial score (nSPS) is 15.6. The molecule has 2 aromatic carbocycles. The van der Waals surface area contributed by atoms with Crippen LogP contribution in [0.3, 0.4) is 0 Å². The predicted octanol–water partition coefficient (Wildman–Crippen LogP) is 6.56. The van der Waals surface area contributed by atoms with Gasteiger partial charge in [-0.25, -0.2) is 4.39 Å². The average Bonchev–Trinajstić information content (AvgIpc) is 2.76. The molecule has 1 fully saturated rings. The SMILES string of the molecule is CCCC(C(=O)Nc1c(C)cc(F)cc1C)[N+]1(CC)CCCCC1.Cc1ccccc1.[Y]. The van der Waals surface area contributed by atoms with E-state index >= 15 is 0 Å². The van der Waals surface area contributed by atoms with Gasteiger partial charge >= 0.3 is 0 Å². The van der Waals surface area contributed by atoms with Gasteiger partial charge in [-0.05, 0) is 76.6 Å². The van der Waals surface area contributed by atoms with Gasteiger partial charge in [0.15, 0.2) is 6.04 Å². The van der Waals surface area contributed by atoms with E-state index < -0.39 is 0 Å². The number of benzene rings is 2. The van der Waals surface area contributed by atoms with E-state index in [0.29, 0.717) is 0 Å². The third-order valence-electron chi connectivity index (χ3n) is 6.55. The summed E-state index contributed by atoms with van der Waals surface area (Å²) in [6.07, 6.45) is 5.58. The molecular formula is C27H40FN2OY+. The summed E-state index contributed by atoms with van der Waals surface area (Å²) in [5.41, 5.74) is 3.67. The van der Waals surface area contributed by atoms with Crippen molar-refractivity contribution < 1.29 is 46.4 Å². The molecule has 1 heterocycles. The Balaban J connectivity index is 0.000000545. The van der Waals surface area contributed by atoms with Crippen molar-refractivity contribution in [1.82, 2.24) is 0 Å². The molecule has 1 unspecified atom stereocenters. The Morgan fingerprint density at radius 3 is 2.00 bits per heavy atom. The number of halogens is 1. The second-order valence-electron chi connectivity index (χ2n) is 8.91. The molecule has 1 atom stereocenters. The number of carbonyl (C=O) groups excluding carboxylic acids is 1. The molecule has 1 N–H and O–H groups in total. The molecule has 0 spiro atoms. The van der Waals surface area contributed by atoms with Crippen molar-refractivity contribution in [2.45, 2.75) is 72.8 Å². The molecule has 1 radical (unpaired) electrons. The number of anilines is 1. The maximum absolute atomic E-state index is 13.5. The van der Waals surface area contributed by atoms with E-state index in [9.17, 15) is 9.18 Å². The van der Waals surface area contributed by atoms with Crippen LogP contribution in [0, 0.1) is 26.6 Å². The number of hydrogen-bond acceptors (Lipinski definition) is 1. The molecule has 3 nitrogen and oxygen atoms in total. The summed E-state index contributed by atoms with van der Waals surface area (Å²) in [6.45, 7) is 13.3. The van der Waals surface area contributed by atoms with Gasteiger partial charge in [0.25, 0.3) is 5.91 Å². The summed E-state index contributed by atoms with van der Waals surface area (Å²) < 4.78 is 14.4. The van der Waals surface area contributed by atoms with E-state index in [0.717, 1.165) is 53.8 Å². The van der Waals surface area contributed by atoms with Crippen LogP contribution < -0.4 is 5.32 Å². The van der Waals surface area contributed by atoms with Gasteiger partial charge in [-0.3, -0.25) is 4.79 Å². The molecule has 1 amide bonds. The van der Waals surface area contributed by atoms with Crippen LogP contribution in [0.1, 0.15) is 62.6 Å². The van der Waals surface area contributed by atoms with Gasteiger partial charge in [-0.2, -0.15) is 0 Å². The van der Waals surface area contributed by atoms with E-state index in [1.54, 1.807) is 0 Å². The first kappa shape index (κ1) is 28.9. The monoisotopic (exact) mass is 516 g/mol. The van der Waals surface area contributed by atoms with Crippen LogP contribution in [0.4, 0.5) is 10.1 Å². The van der Waals surface area contributed by atoms with Crippen LogP contribution in [0.2, 0.25) is 0 Å². The van der Waals surface area contributed by atoms with Crippen LogP contribution >= 0.6 is 0 Å². The molecule has 32 heavy (non-hydrogen) atoms. The third kappa shape index (κ3) is 8.04. The van der Waals surface area contributed by atoms with Crippen molar-refractivity contribution >= 4 is 11.6 Å². The Kier molecular flexibility index (Phi) is 12.9. The first-order valence-electron chi connectivity index (χ1n) is 11.8. The third-order valence-corrected chi connectivity index (χ3v) is 6.55. The molecule has 1 aliphatic heterocycles. The molecule has 0 aliphatic carbocycles. The van der Waals surface area contributed by atoms with Crippen molar-refractivity contribution in [2.75, 3.05) is 25.0 Å². The van der Waals surface area contributed by atoms with Gasteiger partial charge in [0.2, 0.25) is 0 Å². The van der Waals surface area contributed by atoms with Crippen molar-refractivity contribution in [3.05, 3.63) is 65.0 Å². The zero-order chi connectivity index (χ0) is 22.9. The van der Waals surface area contributed by atoms with Crippen LogP contribution in [-0.4, -0.2) is 36.1 Å². The Labute approximate surface area is 219 Å². The van der Waals surface area contributed by atoms with Crippen LogP contribution in [0.15, 0.2) is 42.5 Å². The Hall–Kier alpha value is -1.10. The molecule has 2 aromatic rings. The molecule has 1 saturated heterocycles. The standard InChI is InChI=1S/C20H31FN2O.C7H8.Y/c1-5-10-18(23(6-2)11-8-7-9-12-23)20(24)22-19-15(3)13-17(21)14-16(19)4;1-7-5-3-2-4-6-7;/h13-14,18H,5-12H2,1-4H3;2-6H,1H3;/p+1. The van der Waals surface area contributed by atoms with Gasteiger partial charge in [-0.1, -0.05) is 42.8 Å². The minimum atomic E-state index is -0.249. The Morgan fingerprint density at radius 1 is 1.00 bits per heavy atom. The number of hydrogen-bond donors (Lipinski definition) is 1. The van der Waals surface area contributed by atoms with E-state index in [1.165, 1.54) is 37.0 Å². The fraction of sp³-hybridized carbons (Fsp3) is 0.519. The summed E-state index contributed by atoms with van der Waals surface area (Å²) in [5.74, 6) is -0.153. The van der Waals surface area contributed by atoms with E-state index in [1.807, 2.05) is 32.0 Å². The van der Waals surface area contributed by atoms with Gasteiger partial charge in [0.05, 0.1) is 19.6 Å². The van der Waals surface area contributed by atoms with E-state index in [4.69, 9.17) is 0 Å². The van der Waals surface area contributed by atoms with Crippen molar-refractivity contribution in [1.29, 1.82) is 0 Å². The van der Waals surface area contributed by atoms with Gasteiger partial charge in [0, 0.05) is 44.8 Å². The number of nitrogens with zero attached hydrogens (tertiary/aromatic N) is 1. The first-order chi connectivity index (χ1) is 14.8. The summed E-state index contributed by atoms with van der Waals surface area (Å²) in [4.78, 5) is 13.1. The van der Waals surface area contributed by atoms with Gasteiger partial charge in [0.1, 0.15) is 5.82 Å². The summed E-state index contributed by atoms with van der Waals surface area (Å²) in [7, 11) is 0. The number of likely N-dealkylation sites (tertiary alicyclic amines) is 1. The largest absolute Gasteiger partial charge is 0.320 e. The first-order valence-corrected chi connectivity index (χ1v) is 11.8. The molecule has 1 aliphatic rings. The Bertz CT molecular complexity index is 812. The number of aryl methyl sites for hydroxylation is 3. The quantitative estimate of drug-likeness (QED) is 0.433. The summed E-state index contributed by atoms with van der Waals surface area (Å²) >= 11 is 0. The van der Waals surface area contributed by atoms with Crippen LogP contribution in [0.25, 0.3) is 0 Å². The number of quaternary nitrogens is 1. The van der Waals surface area contributed by atoms with E-state index in [2.05, 4.69) is 38.2 Å². The van der Waals surface area contributed by atoms with Crippen LogP contribution in [-0.2, 0) is 37.5 Å². The Morgan fingerprint density at radius 2 is 1.56 bits per heavy atom. The van der Waals surface area contributed by atoms with E-state index in [-0.39, 0.29) is 50.5 Å². The molecule has 0 bridgehead atoms. The zero-order valence-electron chi connectivity index (χ0n) is 20.6. The maximum atomic E-state index is 13.5. The molecule has 0 aromatic heterocycles. The summed E-state index contributed by atoms with van der Waals surface area (Å²) in [5, 5.41) is 3.13. The number of amides is 1. The second-order valence-corrected chi connectivity index (χ2v) is 8.91. The predicted molar refractivity (Wildman–Crippen MR) is 129 cm³/mol. The fourth-order valence-corrected chi connectivity index (χ4v) is 4.77. The number of nitrogens with one attached hydrogen (secondary N) is 1. The average molecular weight is 517 g/mol. The molecule has 0 saturated carbocycles. The fourth-order valence-electron chi connectivity index (χ4n) is 4.77. The van der Waals surface area contributed by atoms with Crippen molar-refractivity contribution in [3.8, 4) is 0 Å². The number of rotatable bonds is 6. The second kappa shape index (κ2) is 14.2. The molecule has 173 valence electrons. The number of piperidine rings is 1. The smallest absolute Gasteiger partial charge is 0.282 e. The topological polar surface area (TPSA) is 29.1 Å². The molecule has 5 heteroatoms. The summed E-state index contributed by atoms with van der Waals surface area (Å²) in [6, 6.07) is 13.2. The minimum absolute atomic E-state index is 0. The molecule has 3 rings (SSSR count). The van der Waals surface area contributed by atoms with Crippen LogP contribution in [0.5, 0.6) is 0 Å².